The zero-order valence-corrected chi connectivity index (χ0v) is 9.38. The highest BCUT2D eigenvalue weighted by molar-refractivity contribution is 4.96. The third-order valence-corrected chi connectivity index (χ3v) is 3.06. The molecule has 2 heterocycles. The molecule has 1 fully saturated rings. The van der Waals surface area contributed by atoms with Crippen LogP contribution in [0.25, 0.3) is 0 Å². The number of tetrazole rings is 1. The largest absolute Gasteiger partial charge is 0.389 e. The Kier molecular flexibility index (Phi) is 2.47. The van der Waals surface area contributed by atoms with E-state index >= 15 is 0 Å². The van der Waals surface area contributed by atoms with E-state index in [4.69, 9.17) is 0 Å². The number of aryl methyl sites for hydroxylation is 1. The summed E-state index contributed by atoms with van der Waals surface area (Å²) in [6.45, 7) is 5.50. The predicted octanol–water partition coefficient (Wildman–Crippen LogP) is -0.272. The van der Waals surface area contributed by atoms with Crippen LogP contribution in [0.3, 0.4) is 0 Å². The van der Waals surface area contributed by atoms with Gasteiger partial charge in [0.05, 0.1) is 11.6 Å². The van der Waals surface area contributed by atoms with Crippen molar-refractivity contribution >= 4 is 0 Å². The minimum absolute atomic E-state index is 0.152. The molecule has 0 bridgehead atoms. The Labute approximate surface area is 88.9 Å². The van der Waals surface area contributed by atoms with Crippen molar-refractivity contribution in [2.75, 3.05) is 13.1 Å². The number of aliphatic hydroxyl groups is 1. The van der Waals surface area contributed by atoms with Crippen LogP contribution in [0, 0.1) is 0 Å². The summed E-state index contributed by atoms with van der Waals surface area (Å²) in [6.07, 6.45) is 0.808. The Morgan fingerprint density at radius 3 is 2.73 bits per heavy atom. The molecular formula is C9H17N5O. The van der Waals surface area contributed by atoms with Gasteiger partial charge in [0, 0.05) is 20.1 Å². The van der Waals surface area contributed by atoms with Crippen molar-refractivity contribution in [1.82, 2.24) is 25.1 Å². The van der Waals surface area contributed by atoms with Gasteiger partial charge in [-0.15, -0.1) is 5.10 Å². The quantitative estimate of drug-likeness (QED) is 0.729. The van der Waals surface area contributed by atoms with E-state index in [1.54, 1.807) is 4.68 Å². The zero-order valence-electron chi connectivity index (χ0n) is 9.38. The van der Waals surface area contributed by atoms with Crippen LogP contribution in [0.5, 0.6) is 0 Å². The summed E-state index contributed by atoms with van der Waals surface area (Å²) in [6, 6.07) is 0.152. The van der Waals surface area contributed by atoms with Gasteiger partial charge in [-0.2, -0.15) is 0 Å². The first-order valence-electron chi connectivity index (χ1n) is 5.18. The van der Waals surface area contributed by atoms with Crippen LogP contribution in [0.2, 0.25) is 0 Å². The second-order valence-corrected chi connectivity index (χ2v) is 4.55. The number of aromatic nitrogens is 4. The van der Waals surface area contributed by atoms with Crippen LogP contribution in [-0.2, 0) is 7.05 Å². The minimum Gasteiger partial charge on any atom is -0.389 e. The number of rotatable bonds is 2. The predicted molar refractivity (Wildman–Crippen MR) is 54.0 cm³/mol. The standard InChI is InChI=1S/C9H17N5O/c1-7(8-10-11-12-13(8)3)14-5-4-9(2,15)6-14/h7,15H,4-6H2,1-3H3. The molecule has 0 amide bonds. The van der Waals surface area contributed by atoms with Gasteiger partial charge in [-0.1, -0.05) is 0 Å². The topological polar surface area (TPSA) is 67.1 Å². The highest BCUT2D eigenvalue weighted by Crippen LogP contribution is 2.27. The Bertz CT molecular complexity index is 348. The summed E-state index contributed by atoms with van der Waals surface area (Å²) < 4.78 is 1.68. The summed E-state index contributed by atoms with van der Waals surface area (Å²) in [5.74, 6) is 0.840. The molecule has 2 unspecified atom stereocenters. The van der Waals surface area contributed by atoms with Crippen LogP contribution in [0.15, 0.2) is 0 Å². The van der Waals surface area contributed by atoms with Gasteiger partial charge >= 0.3 is 0 Å². The monoisotopic (exact) mass is 211 g/mol. The average molecular weight is 211 g/mol. The fraction of sp³-hybridized carbons (Fsp3) is 0.889. The normalized spacial score (nSPS) is 29.6. The lowest BCUT2D eigenvalue weighted by Crippen LogP contribution is -2.32. The first kappa shape index (κ1) is 10.5. The number of β-amino-alcohol motifs (C(OH)–C–C–N with tert-alkyl or cyclic N) is 1. The van der Waals surface area contributed by atoms with E-state index in [0.717, 1.165) is 18.8 Å². The summed E-state index contributed by atoms with van der Waals surface area (Å²) in [5.41, 5.74) is -0.569. The molecule has 0 radical (unpaired) electrons. The molecule has 1 aromatic heterocycles. The maximum atomic E-state index is 9.88. The SMILES string of the molecule is CC(c1nnnn1C)N1CCC(C)(O)C1. The highest BCUT2D eigenvalue weighted by Gasteiger charge is 2.35. The van der Waals surface area contributed by atoms with E-state index in [2.05, 4.69) is 27.3 Å². The fourth-order valence-corrected chi connectivity index (χ4v) is 2.06. The van der Waals surface area contributed by atoms with E-state index < -0.39 is 5.60 Å². The van der Waals surface area contributed by atoms with Crippen molar-refractivity contribution in [2.24, 2.45) is 7.05 Å². The lowest BCUT2D eigenvalue weighted by molar-refractivity contribution is 0.0624. The molecule has 1 aliphatic heterocycles. The first-order valence-corrected chi connectivity index (χ1v) is 5.18. The number of hydrogen-bond acceptors (Lipinski definition) is 5. The molecule has 0 saturated carbocycles. The molecule has 84 valence electrons. The average Bonchev–Trinajstić information content (AvgIpc) is 2.71. The molecule has 6 heteroatoms. The molecule has 0 aliphatic carbocycles. The summed E-state index contributed by atoms with van der Waals surface area (Å²) in [5, 5.41) is 21.3. The Balaban J connectivity index is 2.10. The third-order valence-electron chi connectivity index (χ3n) is 3.06. The van der Waals surface area contributed by atoms with Crippen molar-refractivity contribution in [3.63, 3.8) is 0 Å². The molecule has 6 nitrogen and oxygen atoms in total. The maximum absolute atomic E-state index is 9.88. The molecule has 15 heavy (non-hydrogen) atoms. The van der Waals surface area contributed by atoms with Crippen molar-refractivity contribution in [3.05, 3.63) is 5.82 Å². The smallest absolute Gasteiger partial charge is 0.167 e. The molecule has 2 rings (SSSR count). The first-order chi connectivity index (χ1) is 6.99. The van der Waals surface area contributed by atoms with Gasteiger partial charge in [0.1, 0.15) is 0 Å². The molecular weight excluding hydrogens is 194 g/mol. The minimum atomic E-state index is -0.569. The van der Waals surface area contributed by atoms with Crippen LogP contribution in [-0.4, -0.2) is 48.9 Å². The van der Waals surface area contributed by atoms with Crippen LogP contribution in [0.1, 0.15) is 32.1 Å². The van der Waals surface area contributed by atoms with Gasteiger partial charge in [0.15, 0.2) is 5.82 Å². The van der Waals surface area contributed by atoms with Gasteiger partial charge in [-0.05, 0) is 30.7 Å². The van der Waals surface area contributed by atoms with Crippen LogP contribution >= 0.6 is 0 Å². The van der Waals surface area contributed by atoms with Crippen molar-refractivity contribution < 1.29 is 5.11 Å². The zero-order chi connectivity index (χ0) is 11.1. The van der Waals surface area contributed by atoms with Gasteiger partial charge in [0.2, 0.25) is 0 Å². The number of nitrogens with zero attached hydrogens (tertiary/aromatic N) is 5. The fourth-order valence-electron chi connectivity index (χ4n) is 2.06. The van der Waals surface area contributed by atoms with Crippen LogP contribution < -0.4 is 0 Å². The Morgan fingerprint density at radius 2 is 2.27 bits per heavy atom. The van der Waals surface area contributed by atoms with Crippen molar-refractivity contribution in [3.8, 4) is 0 Å². The molecule has 0 spiro atoms. The second kappa shape index (κ2) is 3.53. The molecule has 1 aliphatic rings. The van der Waals surface area contributed by atoms with Gasteiger partial charge < -0.3 is 5.11 Å². The molecule has 1 N–H and O–H groups in total. The summed E-state index contributed by atoms with van der Waals surface area (Å²) >= 11 is 0. The highest BCUT2D eigenvalue weighted by atomic mass is 16.3. The summed E-state index contributed by atoms with van der Waals surface area (Å²) in [4.78, 5) is 2.20. The Hall–Kier alpha value is -1.01. The maximum Gasteiger partial charge on any atom is 0.167 e. The van der Waals surface area contributed by atoms with E-state index in [1.807, 2.05) is 14.0 Å². The molecule has 2 atom stereocenters. The van der Waals surface area contributed by atoms with E-state index in [0.29, 0.717) is 6.54 Å². The number of likely N-dealkylation sites (tertiary alicyclic amines) is 1. The third kappa shape index (κ3) is 2.00. The lowest BCUT2D eigenvalue weighted by atomic mass is 10.1. The lowest BCUT2D eigenvalue weighted by Gasteiger charge is -2.24. The van der Waals surface area contributed by atoms with Gasteiger partial charge in [-0.25, -0.2) is 4.68 Å². The van der Waals surface area contributed by atoms with Crippen molar-refractivity contribution in [1.29, 1.82) is 0 Å². The molecule has 0 aromatic carbocycles. The molecule has 1 aromatic rings. The van der Waals surface area contributed by atoms with E-state index in [-0.39, 0.29) is 6.04 Å². The van der Waals surface area contributed by atoms with E-state index in [9.17, 15) is 5.11 Å². The Morgan fingerprint density at radius 1 is 1.53 bits per heavy atom. The van der Waals surface area contributed by atoms with Gasteiger partial charge in [-0.3, -0.25) is 4.90 Å². The van der Waals surface area contributed by atoms with Crippen LogP contribution in [0.4, 0.5) is 0 Å². The van der Waals surface area contributed by atoms with E-state index in [1.165, 1.54) is 0 Å². The summed E-state index contributed by atoms with van der Waals surface area (Å²) in [7, 11) is 1.83. The molecule has 1 saturated heterocycles. The van der Waals surface area contributed by atoms with Crippen molar-refractivity contribution in [2.45, 2.75) is 31.9 Å². The second-order valence-electron chi connectivity index (χ2n) is 4.55. The number of hydrogen-bond donors (Lipinski definition) is 1. The van der Waals surface area contributed by atoms with Gasteiger partial charge in [0.25, 0.3) is 0 Å².